The maximum atomic E-state index is 13.5. The fourth-order valence-corrected chi connectivity index (χ4v) is 5.55. The summed E-state index contributed by atoms with van der Waals surface area (Å²) in [6, 6.07) is 14.0. The van der Waals surface area contributed by atoms with Crippen molar-refractivity contribution in [3.8, 4) is 0 Å². The van der Waals surface area contributed by atoms with E-state index in [-0.39, 0.29) is 30.7 Å². The molecule has 1 aromatic carbocycles. The van der Waals surface area contributed by atoms with E-state index in [9.17, 15) is 4.79 Å². The molecule has 5 nitrogen and oxygen atoms in total. The van der Waals surface area contributed by atoms with Crippen LogP contribution in [0.4, 0.5) is 11.5 Å². The van der Waals surface area contributed by atoms with Crippen LogP contribution in [0, 0.1) is 11.8 Å². The number of carbonyl (C=O) groups excluding carboxylic acids is 1. The Morgan fingerprint density at radius 1 is 0.912 bits per heavy atom. The molecule has 2 aliphatic rings. The number of hydrogen-bond acceptors (Lipinski definition) is 4. The molecule has 1 amide bonds. The molecule has 0 aliphatic heterocycles. The van der Waals surface area contributed by atoms with E-state index in [1.165, 1.54) is 51.4 Å². The maximum absolute atomic E-state index is 13.5. The smallest absolute Gasteiger partial charge is 0.240 e. The van der Waals surface area contributed by atoms with E-state index in [0.29, 0.717) is 18.4 Å². The van der Waals surface area contributed by atoms with Crippen molar-refractivity contribution in [2.24, 2.45) is 17.6 Å². The number of anilines is 2. The Bertz CT molecular complexity index is 853. The summed E-state index contributed by atoms with van der Waals surface area (Å²) in [5.74, 6) is 1.71. The molecule has 2 fully saturated rings. The standard InChI is InChI=1S/C27H38N4O.2ClH/c28-27(23-12-6-2-7-13-23,18-21-10-4-1-5-11-21)26(32)30-20-22-16-17-25(29-19-22)31-24-14-8-3-9-15-24;;/h3,8-9,14-17,19,21,23H,1-2,4-7,10-13,18,20,28H2,(H,29,31)(H,30,32);2*1H. The Hall–Kier alpha value is -1.82. The summed E-state index contributed by atoms with van der Waals surface area (Å²) in [7, 11) is 0. The van der Waals surface area contributed by atoms with E-state index >= 15 is 0 Å². The van der Waals surface area contributed by atoms with Gasteiger partial charge in [-0.2, -0.15) is 0 Å². The Morgan fingerprint density at radius 2 is 1.56 bits per heavy atom. The molecule has 7 heteroatoms. The van der Waals surface area contributed by atoms with Gasteiger partial charge in [0.25, 0.3) is 0 Å². The van der Waals surface area contributed by atoms with Gasteiger partial charge in [-0.15, -0.1) is 24.8 Å². The van der Waals surface area contributed by atoms with Crippen molar-refractivity contribution in [2.75, 3.05) is 5.32 Å². The first-order valence-electron chi connectivity index (χ1n) is 12.5. The van der Waals surface area contributed by atoms with Crippen LogP contribution >= 0.6 is 24.8 Å². The third kappa shape index (κ3) is 7.59. The highest BCUT2D eigenvalue weighted by molar-refractivity contribution is 5.86. The largest absolute Gasteiger partial charge is 0.350 e. The summed E-state index contributed by atoms with van der Waals surface area (Å²) >= 11 is 0. The Morgan fingerprint density at radius 3 is 2.18 bits per heavy atom. The average molecular weight is 508 g/mol. The first kappa shape index (κ1) is 28.4. The van der Waals surface area contributed by atoms with Crippen molar-refractivity contribution < 1.29 is 4.79 Å². The number of carbonyl (C=O) groups is 1. The van der Waals surface area contributed by atoms with Gasteiger partial charge in [-0.25, -0.2) is 4.98 Å². The van der Waals surface area contributed by atoms with Gasteiger partial charge in [0.05, 0.1) is 5.54 Å². The zero-order valence-electron chi connectivity index (χ0n) is 20.0. The van der Waals surface area contributed by atoms with E-state index in [0.717, 1.165) is 36.3 Å². The molecule has 0 bridgehead atoms. The lowest BCUT2D eigenvalue weighted by Gasteiger charge is -2.41. The maximum Gasteiger partial charge on any atom is 0.240 e. The van der Waals surface area contributed by atoms with Gasteiger partial charge in [-0.3, -0.25) is 4.79 Å². The number of aromatic nitrogens is 1. The highest BCUT2D eigenvalue weighted by Crippen LogP contribution is 2.38. The molecule has 1 atom stereocenters. The minimum Gasteiger partial charge on any atom is -0.350 e. The van der Waals surface area contributed by atoms with Crippen LogP contribution in [0.25, 0.3) is 0 Å². The van der Waals surface area contributed by atoms with Gasteiger partial charge < -0.3 is 16.4 Å². The quantitative estimate of drug-likeness (QED) is 0.379. The third-order valence-electron chi connectivity index (χ3n) is 7.43. The van der Waals surface area contributed by atoms with Crippen LogP contribution in [0.5, 0.6) is 0 Å². The van der Waals surface area contributed by atoms with E-state index in [1.807, 2.05) is 48.7 Å². The summed E-state index contributed by atoms with van der Waals surface area (Å²) in [6.07, 6.45) is 14.8. The van der Waals surface area contributed by atoms with Gasteiger partial charge in [0.15, 0.2) is 0 Å². The molecule has 188 valence electrons. The fourth-order valence-electron chi connectivity index (χ4n) is 5.55. The minimum absolute atomic E-state index is 0. The summed E-state index contributed by atoms with van der Waals surface area (Å²) in [5.41, 5.74) is 8.23. The number of nitrogens with zero attached hydrogens (tertiary/aromatic N) is 1. The van der Waals surface area contributed by atoms with Crippen molar-refractivity contribution in [3.63, 3.8) is 0 Å². The number of amides is 1. The molecule has 1 unspecified atom stereocenters. The first-order chi connectivity index (χ1) is 15.6. The summed E-state index contributed by atoms with van der Waals surface area (Å²) < 4.78 is 0. The lowest BCUT2D eigenvalue weighted by Crippen LogP contribution is -2.60. The van der Waals surface area contributed by atoms with Crippen molar-refractivity contribution in [1.82, 2.24) is 10.3 Å². The van der Waals surface area contributed by atoms with Gasteiger partial charge in [0.1, 0.15) is 5.82 Å². The molecule has 4 N–H and O–H groups in total. The predicted octanol–water partition coefficient (Wildman–Crippen LogP) is 6.53. The fraction of sp³-hybridized carbons (Fsp3) is 0.556. The summed E-state index contributed by atoms with van der Waals surface area (Å²) in [5, 5.41) is 6.46. The average Bonchev–Trinajstić information content (AvgIpc) is 2.85. The molecule has 0 saturated heterocycles. The molecule has 1 heterocycles. The molecule has 4 rings (SSSR count). The van der Waals surface area contributed by atoms with Crippen LogP contribution < -0.4 is 16.4 Å². The first-order valence-corrected chi connectivity index (χ1v) is 12.5. The van der Waals surface area contributed by atoms with Crippen LogP contribution in [0.1, 0.15) is 76.2 Å². The van der Waals surface area contributed by atoms with Gasteiger partial charge in [0.2, 0.25) is 5.91 Å². The van der Waals surface area contributed by atoms with Crippen LogP contribution in [-0.2, 0) is 11.3 Å². The lowest BCUT2D eigenvalue weighted by atomic mass is 9.68. The molecule has 2 aliphatic carbocycles. The van der Waals surface area contributed by atoms with E-state index in [4.69, 9.17) is 5.73 Å². The predicted molar refractivity (Wildman–Crippen MR) is 145 cm³/mol. The van der Waals surface area contributed by atoms with Gasteiger partial charge >= 0.3 is 0 Å². The van der Waals surface area contributed by atoms with E-state index in [2.05, 4.69) is 15.6 Å². The highest BCUT2D eigenvalue weighted by atomic mass is 35.5. The second-order valence-corrected chi connectivity index (χ2v) is 9.81. The van der Waals surface area contributed by atoms with Crippen LogP contribution in [0.2, 0.25) is 0 Å². The van der Waals surface area contributed by atoms with Gasteiger partial charge in [-0.05, 0) is 54.9 Å². The van der Waals surface area contributed by atoms with E-state index < -0.39 is 5.54 Å². The molecule has 2 aromatic rings. The number of nitrogens with two attached hydrogens (primary N) is 1. The van der Waals surface area contributed by atoms with E-state index in [1.54, 1.807) is 0 Å². The molecular weight excluding hydrogens is 467 g/mol. The number of pyridine rings is 1. The van der Waals surface area contributed by atoms with Crippen LogP contribution in [0.3, 0.4) is 0 Å². The van der Waals surface area contributed by atoms with Gasteiger partial charge in [0, 0.05) is 18.4 Å². The number of rotatable bonds is 8. The number of benzene rings is 1. The van der Waals surface area contributed by atoms with Crippen LogP contribution in [-0.4, -0.2) is 16.4 Å². The summed E-state index contributed by atoms with van der Waals surface area (Å²) in [4.78, 5) is 18.0. The van der Waals surface area contributed by atoms with Crippen molar-refractivity contribution >= 4 is 42.2 Å². The monoisotopic (exact) mass is 506 g/mol. The second-order valence-electron chi connectivity index (χ2n) is 9.81. The number of nitrogens with one attached hydrogen (secondary N) is 2. The Balaban J connectivity index is 0.00000204. The van der Waals surface area contributed by atoms with Crippen LogP contribution in [0.15, 0.2) is 48.7 Å². The number of para-hydroxylation sites is 1. The second kappa shape index (κ2) is 13.9. The number of halogens is 2. The molecule has 2 saturated carbocycles. The van der Waals surface area contributed by atoms with Crippen molar-refractivity contribution in [2.45, 2.75) is 82.7 Å². The van der Waals surface area contributed by atoms with Crippen molar-refractivity contribution in [1.29, 1.82) is 0 Å². The lowest BCUT2D eigenvalue weighted by molar-refractivity contribution is -0.130. The normalized spacial score (nSPS) is 18.6. The molecule has 0 radical (unpaired) electrons. The molecular formula is C27H40Cl2N4O. The minimum atomic E-state index is -0.745. The third-order valence-corrected chi connectivity index (χ3v) is 7.43. The highest BCUT2D eigenvalue weighted by Gasteiger charge is 2.43. The molecule has 34 heavy (non-hydrogen) atoms. The molecule has 0 spiro atoms. The zero-order valence-corrected chi connectivity index (χ0v) is 21.6. The van der Waals surface area contributed by atoms with Crippen molar-refractivity contribution in [3.05, 3.63) is 54.2 Å². The zero-order chi connectivity index (χ0) is 22.2. The van der Waals surface area contributed by atoms with Gasteiger partial charge in [-0.1, -0.05) is 75.6 Å². The summed E-state index contributed by atoms with van der Waals surface area (Å²) in [6.45, 7) is 0.466. The topological polar surface area (TPSA) is 80.0 Å². The number of hydrogen-bond donors (Lipinski definition) is 3. The Labute approximate surface area is 216 Å². The molecule has 1 aromatic heterocycles. The SMILES string of the molecule is Cl.Cl.NC(CC1CCCCC1)(C(=O)NCc1ccc(Nc2ccccc2)nc1)C1CCCCC1. The Kier molecular flexibility index (Phi) is 11.6.